The number of aromatic carboxylic acids is 1. The van der Waals surface area contributed by atoms with E-state index in [1.165, 1.54) is 34.0 Å². The highest BCUT2D eigenvalue weighted by Crippen LogP contribution is 1.93. The van der Waals surface area contributed by atoms with Crippen molar-refractivity contribution < 1.29 is 9.90 Å². The Hall–Kier alpha value is -2.51. The van der Waals surface area contributed by atoms with Gasteiger partial charge in [0.1, 0.15) is 0 Å². The highest BCUT2D eigenvalue weighted by Gasteiger charge is 2.07. The van der Waals surface area contributed by atoms with Gasteiger partial charge in [0, 0.05) is 18.8 Å². The third kappa shape index (κ3) is 2.54. The number of nitrogens with zero attached hydrogens (tertiary/aromatic N) is 5. The minimum Gasteiger partial charge on any atom is -0.476 e. The van der Waals surface area contributed by atoms with Crippen molar-refractivity contribution in [2.24, 2.45) is 0 Å². The largest absolute Gasteiger partial charge is 0.476 e. The Bertz CT molecular complexity index is 588. The van der Waals surface area contributed by atoms with Crippen molar-refractivity contribution in [3.8, 4) is 0 Å². The van der Waals surface area contributed by atoms with Crippen molar-refractivity contribution in [2.45, 2.75) is 13.1 Å². The van der Waals surface area contributed by atoms with Crippen LogP contribution in [-0.4, -0.2) is 35.6 Å². The smallest absolute Gasteiger partial charge is 0.358 e. The van der Waals surface area contributed by atoms with Gasteiger partial charge in [-0.3, -0.25) is 9.36 Å². The molecule has 17 heavy (non-hydrogen) atoms. The quantitative estimate of drug-likeness (QED) is 0.746. The topological polar surface area (TPSA) is 103 Å². The summed E-state index contributed by atoms with van der Waals surface area (Å²) in [7, 11) is 0. The third-order valence-corrected chi connectivity index (χ3v) is 2.12. The van der Waals surface area contributed by atoms with E-state index in [0.717, 1.165) is 0 Å². The maximum absolute atomic E-state index is 11.3. The predicted octanol–water partition coefficient (Wildman–Crippen LogP) is -0.767. The van der Waals surface area contributed by atoms with Gasteiger partial charge in [0.2, 0.25) is 0 Å². The lowest BCUT2D eigenvalue weighted by molar-refractivity contribution is 0.0690. The molecule has 2 heterocycles. The summed E-state index contributed by atoms with van der Waals surface area (Å²) in [5, 5.41) is 15.7. The molecule has 1 N–H and O–H groups in total. The van der Waals surface area contributed by atoms with Crippen LogP contribution in [0.4, 0.5) is 0 Å². The van der Waals surface area contributed by atoms with Gasteiger partial charge in [0.15, 0.2) is 5.69 Å². The first-order valence-electron chi connectivity index (χ1n) is 4.81. The van der Waals surface area contributed by atoms with Crippen molar-refractivity contribution in [3.63, 3.8) is 0 Å². The zero-order valence-electron chi connectivity index (χ0n) is 8.72. The number of rotatable bonds is 4. The fourth-order valence-electron chi connectivity index (χ4n) is 1.26. The van der Waals surface area contributed by atoms with Crippen molar-refractivity contribution in [3.05, 3.63) is 40.8 Å². The molecular formula is C9H9N5O3. The average molecular weight is 235 g/mol. The normalized spacial score (nSPS) is 10.4. The van der Waals surface area contributed by atoms with Crippen LogP contribution >= 0.6 is 0 Å². The van der Waals surface area contributed by atoms with Crippen LogP contribution in [0.25, 0.3) is 0 Å². The summed E-state index contributed by atoms with van der Waals surface area (Å²) in [6.45, 7) is 0.709. The molecule has 0 saturated carbocycles. The Morgan fingerprint density at radius 1 is 1.41 bits per heavy atom. The Kier molecular flexibility index (Phi) is 2.95. The molecular weight excluding hydrogens is 226 g/mol. The second-order valence-corrected chi connectivity index (χ2v) is 3.28. The maximum atomic E-state index is 11.3. The minimum absolute atomic E-state index is 0.122. The summed E-state index contributed by atoms with van der Waals surface area (Å²) in [6, 6.07) is 1.35. The number of carboxylic acids is 1. The Balaban J connectivity index is 2.05. The molecule has 0 aliphatic rings. The third-order valence-electron chi connectivity index (χ3n) is 2.12. The summed E-state index contributed by atoms with van der Waals surface area (Å²) in [4.78, 5) is 25.7. The summed E-state index contributed by atoms with van der Waals surface area (Å²) in [6.07, 6.45) is 4.14. The molecule has 2 rings (SSSR count). The summed E-state index contributed by atoms with van der Waals surface area (Å²) in [5.74, 6) is -1.13. The number of hydrogen-bond acceptors (Lipinski definition) is 5. The molecule has 88 valence electrons. The molecule has 0 aromatic carbocycles. The molecule has 0 spiro atoms. The highest BCUT2D eigenvalue weighted by atomic mass is 16.4. The Morgan fingerprint density at radius 3 is 2.88 bits per heavy atom. The molecule has 0 bridgehead atoms. The van der Waals surface area contributed by atoms with Crippen LogP contribution in [0.5, 0.6) is 0 Å². The van der Waals surface area contributed by atoms with Crippen molar-refractivity contribution in [1.29, 1.82) is 0 Å². The number of carboxylic acid groups (broad SMARTS) is 1. The molecule has 0 radical (unpaired) electrons. The number of aromatic nitrogens is 5. The van der Waals surface area contributed by atoms with E-state index in [0.29, 0.717) is 13.1 Å². The van der Waals surface area contributed by atoms with E-state index in [-0.39, 0.29) is 11.3 Å². The van der Waals surface area contributed by atoms with Gasteiger partial charge in [-0.05, 0) is 0 Å². The summed E-state index contributed by atoms with van der Waals surface area (Å²) >= 11 is 0. The standard InChI is InChI=1S/C9H9N5O3/c15-8-1-2-10-6-13(8)3-4-14-5-7(9(16)17)11-12-14/h1-2,5-6H,3-4H2,(H,16,17). The van der Waals surface area contributed by atoms with Crippen LogP contribution in [0.3, 0.4) is 0 Å². The van der Waals surface area contributed by atoms with Crippen LogP contribution in [-0.2, 0) is 13.1 Å². The van der Waals surface area contributed by atoms with E-state index in [1.807, 2.05) is 0 Å². The zero-order chi connectivity index (χ0) is 12.3. The van der Waals surface area contributed by atoms with Gasteiger partial charge >= 0.3 is 5.97 Å². The summed E-state index contributed by atoms with van der Waals surface area (Å²) < 4.78 is 2.77. The molecule has 0 aliphatic heterocycles. The second-order valence-electron chi connectivity index (χ2n) is 3.28. The van der Waals surface area contributed by atoms with Gasteiger partial charge in [-0.15, -0.1) is 5.10 Å². The molecule has 8 nitrogen and oxygen atoms in total. The predicted molar refractivity (Wildman–Crippen MR) is 55.5 cm³/mol. The maximum Gasteiger partial charge on any atom is 0.358 e. The summed E-state index contributed by atoms with van der Waals surface area (Å²) in [5.41, 5.74) is -0.290. The first kappa shape index (κ1) is 11.0. The lowest BCUT2D eigenvalue weighted by atomic mass is 10.5. The molecule has 0 atom stereocenters. The fraction of sp³-hybridized carbons (Fsp3) is 0.222. The van der Waals surface area contributed by atoms with E-state index < -0.39 is 5.97 Å². The van der Waals surface area contributed by atoms with E-state index >= 15 is 0 Å². The van der Waals surface area contributed by atoms with Crippen LogP contribution in [0.15, 0.2) is 29.6 Å². The Morgan fingerprint density at radius 2 is 2.24 bits per heavy atom. The van der Waals surface area contributed by atoms with Gasteiger partial charge in [-0.25, -0.2) is 14.5 Å². The molecule has 0 amide bonds. The highest BCUT2D eigenvalue weighted by molar-refractivity contribution is 5.84. The van der Waals surface area contributed by atoms with Gasteiger partial charge in [0.05, 0.1) is 19.1 Å². The van der Waals surface area contributed by atoms with E-state index in [4.69, 9.17) is 5.11 Å². The lowest BCUT2D eigenvalue weighted by Gasteiger charge is -2.03. The van der Waals surface area contributed by atoms with Crippen LogP contribution < -0.4 is 5.56 Å². The average Bonchev–Trinajstić information content (AvgIpc) is 2.77. The minimum atomic E-state index is -1.13. The van der Waals surface area contributed by atoms with Crippen LogP contribution in [0, 0.1) is 0 Å². The van der Waals surface area contributed by atoms with Crippen LogP contribution in [0.1, 0.15) is 10.5 Å². The SMILES string of the molecule is O=C(O)c1cn(CCn2cnccc2=O)nn1. The molecule has 8 heteroatoms. The lowest BCUT2D eigenvalue weighted by Crippen LogP contribution is -2.21. The van der Waals surface area contributed by atoms with Crippen LogP contribution in [0.2, 0.25) is 0 Å². The fourth-order valence-corrected chi connectivity index (χ4v) is 1.26. The Labute approximate surface area is 95.1 Å². The molecule has 0 fully saturated rings. The van der Waals surface area contributed by atoms with Gasteiger partial charge in [0.25, 0.3) is 5.56 Å². The molecule has 2 aromatic heterocycles. The van der Waals surface area contributed by atoms with Gasteiger partial charge in [-0.1, -0.05) is 5.21 Å². The van der Waals surface area contributed by atoms with E-state index in [9.17, 15) is 9.59 Å². The van der Waals surface area contributed by atoms with E-state index in [2.05, 4.69) is 15.3 Å². The first-order chi connectivity index (χ1) is 8.16. The van der Waals surface area contributed by atoms with Crippen molar-refractivity contribution in [1.82, 2.24) is 24.5 Å². The molecule has 0 unspecified atom stereocenters. The van der Waals surface area contributed by atoms with E-state index in [1.54, 1.807) is 0 Å². The number of aryl methyl sites for hydroxylation is 2. The zero-order valence-corrected chi connectivity index (χ0v) is 8.72. The number of hydrogen-bond donors (Lipinski definition) is 1. The first-order valence-corrected chi connectivity index (χ1v) is 4.81. The second kappa shape index (κ2) is 4.56. The van der Waals surface area contributed by atoms with Gasteiger partial charge < -0.3 is 5.11 Å². The molecule has 0 saturated heterocycles. The molecule has 0 aliphatic carbocycles. The monoisotopic (exact) mass is 235 g/mol. The van der Waals surface area contributed by atoms with Crippen molar-refractivity contribution >= 4 is 5.97 Å². The molecule has 2 aromatic rings. The van der Waals surface area contributed by atoms with Gasteiger partial charge in [-0.2, -0.15) is 0 Å². The number of carbonyl (C=O) groups is 1. The van der Waals surface area contributed by atoms with Crippen molar-refractivity contribution in [2.75, 3.05) is 0 Å².